The van der Waals surface area contributed by atoms with Crippen LogP contribution in [0, 0.1) is 0 Å². The highest BCUT2D eigenvalue weighted by molar-refractivity contribution is 14.1. The minimum absolute atomic E-state index is 0.377. The van der Waals surface area contributed by atoms with E-state index in [2.05, 4.69) is 33.2 Å². The highest BCUT2D eigenvalue weighted by Crippen LogP contribution is 2.17. The van der Waals surface area contributed by atoms with Crippen molar-refractivity contribution in [3.63, 3.8) is 0 Å². The second-order valence-corrected chi connectivity index (χ2v) is 7.11. The van der Waals surface area contributed by atoms with Crippen LogP contribution >= 0.6 is 22.6 Å². The molecule has 0 aliphatic rings. The second-order valence-electron chi connectivity index (χ2n) is 6.03. The number of carbonyl (C=O) groups excluding carboxylic acids is 2. The van der Waals surface area contributed by atoms with Crippen molar-refractivity contribution in [2.45, 2.75) is 45.5 Å². The van der Waals surface area contributed by atoms with Crippen LogP contribution in [0.5, 0.6) is 0 Å². The third kappa shape index (κ3) is 7.15. The largest absolute Gasteiger partial charge is 0.436 e. The van der Waals surface area contributed by atoms with Crippen LogP contribution in [0.15, 0.2) is 24.3 Å². The standard InChI is InChI=1S/C16H22FIN2O3/c1-16(2,3)20-15(22)23-13(8-9-18)14(21)19-12-7-5-4-6-11(12)10-17/h4-7,13H,8-10H2,1-3H3,(H,19,21)(H,20,22). The number of carbonyl (C=O) groups is 2. The van der Waals surface area contributed by atoms with Gasteiger partial charge in [0.2, 0.25) is 0 Å². The Morgan fingerprint density at radius 2 is 1.96 bits per heavy atom. The number of benzene rings is 1. The van der Waals surface area contributed by atoms with Crippen molar-refractivity contribution >= 4 is 40.3 Å². The van der Waals surface area contributed by atoms with Crippen molar-refractivity contribution < 1.29 is 18.7 Å². The van der Waals surface area contributed by atoms with Crippen molar-refractivity contribution in [3.05, 3.63) is 29.8 Å². The summed E-state index contributed by atoms with van der Waals surface area (Å²) in [6, 6.07) is 6.61. The molecule has 0 radical (unpaired) electrons. The Balaban J connectivity index is 2.76. The Bertz CT molecular complexity index is 546. The molecule has 1 unspecified atom stereocenters. The van der Waals surface area contributed by atoms with Gasteiger partial charge in [-0.15, -0.1) is 0 Å². The van der Waals surface area contributed by atoms with Crippen molar-refractivity contribution in [1.29, 1.82) is 0 Å². The lowest BCUT2D eigenvalue weighted by molar-refractivity contribution is -0.124. The number of anilines is 1. The van der Waals surface area contributed by atoms with Crippen LogP contribution in [0.4, 0.5) is 14.9 Å². The molecule has 0 saturated heterocycles. The molecular weight excluding hydrogens is 414 g/mol. The summed E-state index contributed by atoms with van der Waals surface area (Å²) in [6.45, 7) is 4.77. The van der Waals surface area contributed by atoms with Gasteiger partial charge in [0.25, 0.3) is 5.91 Å². The average Bonchev–Trinajstić information content (AvgIpc) is 2.45. The van der Waals surface area contributed by atoms with E-state index >= 15 is 0 Å². The Morgan fingerprint density at radius 1 is 1.30 bits per heavy atom. The van der Waals surface area contributed by atoms with E-state index in [4.69, 9.17) is 4.74 Å². The predicted molar refractivity (Wildman–Crippen MR) is 96.5 cm³/mol. The van der Waals surface area contributed by atoms with Crippen LogP contribution in [-0.4, -0.2) is 28.1 Å². The fourth-order valence-electron chi connectivity index (χ4n) is 1.78. The number of halogens is 2. The minimum Gasteiger partial charge on any atom is -0.436 e. The molecule has 0 heterocycles. The van der Waals surface area contributed by atoms with Crippen molar-refractivity contribution in [3.8, 4) is 0 Å². The number of alkyl carbamates (subject to hydrolysis) is 1. The van der Waals surface area contributed by atoms with E-state index in [1.807, 2.05) is 20.8 Å². The van der Waals surface area contributed by atoms with Crippen molar-refractivity contribution in [2.75, 3.05) is 9.74 Å². The van der Waals surface area contributed by atoms with E-state index in [0.29, 0.717) is 22.1 Å². The first-order chi connectivity index (χ1) is 10.8. The third-order valence-corrected chi connectivity index (χ3v) is 3.43. The number of hydrogen-bond acceptors (Lipinski definition) is 3. The Kier molecular flexibility index (Phi) is 7.74. The van der Waals surface area contributed by atoms with E-state index in [0.717, 1.165) is 0 Å². The molecule has 1 aromatic carbocycles. The van der Waals surface area contributed by atoms with Crippen LogP contribution < -0.4 is 10.6 Å². The van der Waals surface area contributed by atoms with Gasteiger partial charge in [0, 0.05) is 27.6 Å². The molecule has 128 valence electrons. The second kappa shape index (κ2) is 9.05. The number of ether oxygens (including phenoxy) is 1. The Hall–Kier alpha value is -1.38. The summed E-state index contributed by atoms with van der Waals surface area (Å²) in [5.74, 6) is -0.466. The van der Waals surface area contributed by atoms with Gasteiger partial charge in [0.1, 0.15) is 6.67 Å². The average molecular weight is 436 g/mol. The molecule has 0 saturated carbocycles. The smallest absolute Gasteiger partial charge is 0.408 e. The number of nitrogens with one attached hydrogen (secondary N) is 2. The summed E-state index contributed by atoms with van der Waals surface area (Å²) in [5, 5.41) is 5.27. The van der Waals surface area contributed by atoms with E-state index in [9.17, 15) is 14.0 Å². The summed E-state index contributed by atoms with van der Waals surface area (Å²) >= 11 is 2.10. The fourth-order valence-corrected chi connectivity index (χ4v) is 2.35. The maximum absolute atomic E-state index is 12.9. The zero-order chi connectivity index (χ0) is 17.5. The van der Waals surface area contributed by atoms with Gasteiger partial charge < -0.3 is 15.4 Å². The lowest BCUT2D eigenvalue weighted by atomic mass is 10.1. The predicted octanol–water partition coefficient (Wildman–Crippen LogP) is 3.81. The lowest BCUT2D eigenvalue weighted by Crippen LogP contribution is -2.44. The third-order valence-electron chi connectivity index (χ3n) is 2.81. The number of alkyl halides is 2. The Labute approximate surface area is 149 Å². The van der Waals surface area contributed by atoms with E-state index in [1.54, 1.807) is 24.3 Å². The molecule has 0 spiro atoms. The van der Waals surface area contributed by atoms with Gasteiger partial charge in [-0.05, 0) is 26.8 Å². The number of amides is 2. The molecule has 0 aliphatic carbocycles. The van der Waals surface area contributed by atoms with Gasteiger partial charge in [-0.2, -0.15) is 0 Å². The molecule has 23 heavy (non-hydrogen) atoms. The summed E-state index contributed by atoms with van der Waals surface area (Å²) in [5.41, 5.74) is 0.315. The lowest BCUT2D eigenvalue weighted by Gasteiger charge is -2.23. The van der Waals surface area contributed by atoms with E-state index in [-0.39, 0.29) is 0 Å². The molecule has 1 aromatic rings. The van der Waals surface area contributed by atoms with Crippen LogP contribution in [0.25, 0.3) is 0 Å². The van der Waals surface area contributed by atoms with Gasteiger partial charge in [0.15, 0.2) is 6.10 Å². The first-order valence-corrected chi connectivity index (χ1v) is 8.79. The van der Waals surface area contributed by atoms with Crippen LogP contribution in [-0.2, 0) is 16.2 Å². The maximum Gasteiger partial charge on any atom is 0.408 e. The highest BCUT2D eigenvalue weighted by Gasteiger charge is 2.25. The molecule has 0 bridgehead atoms. The summed E-state index contributed by atoms with van der Waals surface area (Å²) < 4.78 is 18.8. The first-order valence-electron chi connectivity index (χ1n) is 7.26. The number of para-hydroxylation sites is 1. The van der Waals surface area contributed by atoms with Gasteiger partial charge >= 0.3 is 6.09 Å². The normalized spacial score (nSPS) is 12.4. The van der Waals surface area contributed by atoms with E-state index in [1.165, 1.54) is 0 Å². The molecule has 5 nitrogen and oxygen atoms in total. The Morgan fingerprint density at radius 3 is 2.52 bits per heavy atom. The molecular formula is C16H22FIN2O3. The fraction of sp³-hybridized carbons (Fsp3) is 0.500. The van der Waals surface area contributed by atoms with Crippen LogP contribution in [0.3, 0.4) is 0 Å². The zero-order valence-electron chi connectivity index (χ0n) is 13.5. The summed E-state index contributed by atoms with van der Waals surface area (Å²) in [6.07, 6.45) is -1.20. The summed E-state index contributed by atoms with van der Waals surface area (Å²) in [7, 11) is 0. The zero-order valence-corrected chi connectivity index (χ0v) is 15.6. The first kappa shape index (κ1) is 19.7. The molecule has 0 fully saturated rings. The molecule has 0 aliphatic heterocycles. The van der Waals surface area contributed by atoms with E-state index < -0.39 is 30.3 Å². The van der Waals surface area contributed by atoms with Gasteiger partial charge in [-0.3, -0.25) is 4.79 Å². The maximum atomic E-state index is 12.9. The highest BCUT2D eigenvalue weighted by atomic mass is 127. The number of rotatable bonds is 6. The minimum atomic E-state index is -0.929. The number of hydrogen-bond donors (Lipinski definition) is 2. The van der Waals surface area contributed by atoms with Gasteiger partial charge in [0.05, 0.1) is 0 Å². The van der Waals surface area contributed by atoms with Crippen LogP contribution in [0.1, 0.15) is 32.8 Å². The van der Waals surface area contributed by atoms with Crippen molar-refractivity contribution in [2.24, 2.45) is 0 Å². The topological polar surface area (TPSA) is 67.4 Å². The molecule has 1 atom stereocenters. The molecule has 1 rings (SSSR count). The quantitative estimate of drug-likeness (QED) is 0.527. The van der Waals surface area contributed by atoms with Gasteiger partial charge in [-0.1, -0.05) is 40.8 Å². The monoisotopic (exact) mass is 436 g/mol. The van der Waals surface area contributed by atoms with Gasteiger partial charge in [-0.25, -0.2) is 9.18 Å². The molecule has 2 amide bonds. The SMILES string of the molecule is CC(C)(C)NC(=O)OC(CCI)C(=O)Nc1ccccc1CF. The molecule has 2 N–H and O–H groups in total. The molecule has 0 aromatic heterocycles. The van der Waals surface area contributed by atoms with Crippen molar-refractivity contribution in [1.82, 2.24) is 5.32 Å². The van der Waals surface area contributed by atoms with Crippen LogP contribution in [0.2, 0.25) is 0 Å². The molecule has 7 heteroatoms. The summed E-state index contributed by atoms with van der Waals surface area (Å²) in [4.78, 5) is 24.2.